The van der Waals surface area contributed by atoms with Gasteiger partial charge in [0, 0.05) is 17.3 Å². The first-order valence-electron chi connectivity index (χ1n) is 7.33. The predicted octanol–water partition coefficient (Wildman–Crippen LogP) is 3.80. The van der Waals surface area contributed by atoms with Crippen LogP contribution in [0.5, 0.6) is 0 Å². The number of nitrogens with zero attached hydrogens (tertiary/aromatic N) is 3. The Kier molecular flexibility index (Phi) is 3.00. The van der Waals surface area contributed by atoms with Gasteiger partial charge in [-0.05, 0) is 37.3 Å². The molecular weight excluding hydrogens is 272 g/mol. The fourth-order valence-corrected chi connectivity index (χ4v) is 2.63. The SMILES string of the molecule is Cc1cccc2nc(CNc3ccc4ccccc4n3)cn12. The van der Waals surface area contributed by atoms with E-state index in [0.29, 0.717) is 6.54 Å². The third kappa shape index (κ3) is 2.29. The number of pyridine rings is 2. The molecule has 0 bridgehead atoms. The molecule has 3 aromatic heterocycles. The minimum atomic E-state index is 0.659. The smallest absolute Gasteiger partial charge is 0.137 e. The molecule has 0 radical (unpaired) electrons. The summed E-state index contributed by atoms with van der Waals surface area (Å²) in [4.78, 5) is 9.24. The first-order valence-corrected chi connectivity index (χ1v) is 7.33. The molecule has 4 nitrogen and oxygen atoms in total. The fraction of sp³-hybridized carbons (Fsp3) is 0.111. The maximum absolute atomic E-state index is 4.62. The van der Waals surface area contributed by atoms with Crippen LogP contribution in [0.3, 0.4) is 0 Å². The Balaban J connectivity index is 1.58. The van der Waals surface area contributed by atoms with Crippen molar-refractivity contribution in [3.8, 4) is 0 Å². The molecule has 0 saturated heterocycles. The summed E-state index contributed by atoms with van der Waals surface area (Å²) in [6, 6.07) is 18.3. The van der Waals surface area contributed by atoms with Crippen LogP contribution in [0, 0.1) is 6.92 Å². The van der Waals surface area contributed by atoms with Gasteiger partial charge in [-0.3, -0.25) is 0 Å². The van der Waals surface area contributed by atoms with Gasteiger partial charge in [0.2, 0.25) is 0 Å². The van der Waals surface area contributed by atoms with Crippen LogP contribution in [0.1, 0.15) is 11.4 Å². The summed E-state index contributed by atoms with van der Waals surface area (Å²) in [6.07, 6.45) is 2.07. The molecule has 108 valence electrons. The molecule has 4 rings (SSSR count). The van der Waals surface area contributed by atoms with E-state index in [-0.39, 0.29) is 0 Å². The van der Waals surface area contributed by atoms with Gasteiger partial charge in [-0.15, -0.1) is 0 Å². The zero-order chi connectivity index (χ0) is 14.9. The molecule has 0 amide bonds. The summed E-state index contributed by atoms with van der Waals surface area (Å²) >= 11 is 0. The number of aryl methyl sites for hydroxylation is 1. The fourth-order valence-electron chi connectivity index (χ4n) is 2.63. The van der Waals surface area contributed by atoms with Crippen molar-refractivity contribution < 1.29 is 0 Å². The largest absolute Gasteiger partial charge is 0.364 e. The number of hydrogen-bond acceptors (Lipinski definition) is 3. The second-order valence-electron chi connectivity index (χ2n) is 5.37. The molecule has 0 fully saturated rings. The molecule has 1 N–H and O–H groups in total. The zero-order valence-electron chi connectivity index (χ0n) is 12.3. The maximum Gasteiger partial charge on any atom is 0.137 e. The van der Waals surface area contributed by atoms with E-state index in [1.165, 1.54) is 5.69 Å². The number of hydrogen-bond donors (Lipinski definition) is 1. The molecule has 0 atom stereocenters. The van der Waals surface area contributed by atoms with Crippen molar-refractivity contribution in [2.24, 2.45) is 0 Å². The Hall–Kier alpha value is -2.88. The zero-order valence-corrected chi connectivity index (χ0v) is 12.3. The molecule has 0 aliphatic heterocycles. The van der Waals surface area contributed by atoms with Crippen LogP contribution in [0.15, 0.2) is 60.8 Å². The Morgan fingerprint density at radius 3 is 2.77 bits per heavy atom. The molecule has 3 heterocycles. The molecule has 22 heavy (non-hydrogen) atoms. The average Bonchev–Trinajstić information content (AvgIpc) is 2.97. The lowest BCUT2D eigenvalue weighted by Gasteiger charge is -2.04. The maximum atomic E-state index is 4.62. The van der Waals surface area contributed by atoms with Gasteiger partial charge in [0.25, 0.3) is 0 Å². The van der Waals surface area contributed by atoms with Crippen LogP contribution in [-0.4, -0.2) is 14.4 Å². The Bertz CT molecular complexity index is 956. The van der Waals surface area contributed by atoms with E-state index in [0.717, 1.165) is 28.1 Å². The van der Waals surface area contributed by atoms with Crippen molar-refractivity contribution in [2.75, 3.05) is 5.32 Å². The lowest BCUT2D eigenvalue weighted by molar-refractivity contribution is 1.05. The molecule has 0 spiro atoms. The first kappa shape index (κ1) is 12.8. The monoisotopic (exact) mass is 288 g/mol. The van der Waals surface area contributed by atoms with E-state index in [2.05, 4.69) is 51.0 Å². The predicted molar refractivity (Wildman–Crippen MR) is 89.0 cm³/mol. The number of imidazole rings is 1. The van der Waals surface area contributed by atoms with Crippen molar-refractivity contribution in [3.05, 3.63) is 72.2 Å². The lowest BCUT2D eigenvalue weighted by Crippen LogP contribution is -2.01. The summed E-state index contributed by atoms with van der Waals surface area (Å²) in [7, 11) is 0. The summed E-state index contributed by atoms with van der Waals surface area (Å²) in [5, 5.41) is 4.50. The normalized spacial score (nSPS) is 11.1. The van der Waals surface area contributed by atoms with Crippen molar-refractivity contribution in [1.29, 1.82) is 0 Å². The van der Waals surface area contributed by atoms with Crippen molar-refractivity contribution in [2.45, 2.75) is 13.5 Å². The number of nitrogens with one attached hydrogen (secondary N) is 1. The molecule has 0 unspecified atom stereocenters. The highest BCUT2D eigenvalue weighted by Gasteiger charge is 2.04. The van der Waals surface area contributed by atoms with Gasteiger partial charge >= 0.3 is 0 Å². The molecule has 0 aliphatic carbocycles. The number of rotatable bonds is 3. The highest BCUT2D eigenvalue weighted by molar-refractivity contribution is 5.80. The third-order valence-corrected chi connectivity index (χ3v) is 3.79. The van der Waals surface area contributed by atoms with Crippen molar-refractivity contribution >= 4 is 22.4 Å². The minimum absolute atomic E-state index is 0.659. The molecule has 1 aromatic carbocycles. The van der Waals surface area contributed by atoms with Gasteiger partial charge < -0.3 is 9.72 Å². The quantitative estimate of drug-likeness (QED) is 0.623. The van der Waals surface area contributed by atoms with Gasteiger partial charge in [-0.1, -0.05) is 24.3 Å². The molecule has 0 aliphatic rings. The average molecular weight is 288 g/mol. The topological polar surface area (TPSA) is 42.2 Å². The van der Waals surface area contributed by atoms with Crippen molar-refractivity contribution in [3.63, 3.8) is 0 Å². The number of anilines is 1. The molecule has 4 aromatic rings. The van der Waals surface area contributed by atoms with Crippen LogP contribution < -0.4 is 5.32 Å². The van der Waals surface area contributed by atoms with Crippen LogP contribution in [0.4, 0.5) is 5.82 Å². The Morgan fingerprint density at radius 2 is 1.86 bits per heavy atom. The number of benzene rings is 1. The second-order valence-corrected chi connectivity index (χ2v) is 5.37. The van der Waals surface area contributed by atoms with Crippen LogP contribution in [0.2, 0.25) is 0 Å². The van der Waals surface area contributed by atoms with E-state index in [4.69, 9.17) is 0 Å². The molecule has 4 heteroatoms. The lowest BCUT2D eigenvalue weighted by atomic mass is 10.2. The van der Waals surface area contributed by atoms with E-state index in [9.17, 15) is 0 Å². The van der Waals surface area contributed by atoms with E-state index in [1.807, 2.05) is 36.4 Å². The van der Waals surface area contributed by atoms with Gasteiger partial charge in [0.1, 0.15) is 11.5 Å². The molecular formula is C18H16N4. The number of aromatic nitrogens is 3. The first-order chi connectivity index (χ1) is 10.8. The van der Waals surface area contributed by atoms with E-state index < -0.39 is 0 Å². The summed E-state index contributed by atoms with van der Waals surface area (Å²) in [6.45, 7) is 2.74. The van der Waals surface area contributed by atoms with E-state index >= 15 is 0 Å². The number of para-hydroxylation sites is 1. The van der Waals surface area contributed by atoms with Crippen LogP contribution in [0.25, 0.3) is 16.6 Å². The van der Waals surface area contributed by atoms with Gasteiger partial charge in [-0.2, -0.15) is 0 Å². The van der Waals surface area contributed by atoms with Gasteiger partial charge in [0.15, 0.2) is 0 Å². The summed E-state index contributed by atoms with van der Waals surface area (Å²) in [5.41, 5.74) is 4.16. The third-order valence-electron chi connectivity index (χ3n) is 3.79. The standard InChI is InChI=1S/C18H16N4/c1-13-5-4-8-18-20-15(12-22(13)18)11-19-17-10-9-14-6-2-3-7-16(14)21-17/h2-10,12H,11H2,1H3,(H,19,21). The van der Waals surface area contributed by atoms with E-state index in [1.54, 1.807) is 0 Å². The van der Waals surface area contributed by atoms with Crippen LogP contribution >= 0.6 is 0 Å². The summed E-state index contributed by atoms with van der Waals surface area (Å²) in [5.74, 6) is 0.868. The highest BCUT2D eigenvalue weighted by atomic mass is 15.0. The Morgan fingerprint density at radius 1 is 0.955 bits per heavy atom. The second kappa shape index (κ2) is 5.15. The van der Waals surface area contributed by atoms with Crippen molar-refractivity contribution in [1.82, 2.24) is 14.4 Å². The summed E-state index contributed by atoms with van der Waals surface area (Å²) < 4.78 is 2.10. The number of fused-ring (bicyclic) bond motifs is 2. The Labute approximate surface area is 128 Å². The highest BCUT2D eigenvalue weighted by Crippen LogP contribution is 2.15. The molecule has 0 saturated carbocycles. The van der Waals surface area contributed by atoms with Gasteiger partial charge in [0.05, 0.1) is 17.8 Å². The van der Waals surface area contributed by atoms with Gasteiger partial charge in [-0.25, -0.2) is 9.97 Å². The van der Waals surface area contributed by atoms with Crippen LogP contribution in [-0.2, 0) is 6.54 Å². The minimum Gasteiger partial charge on any atom is -0.364 e.